The average molecular weight is 387 g/mol. The van der Waals surface area contributed by atoms with Crippen LogP contribution in [0.2, 0.25) is 0 Å². The van der Waals surface area contributed by atoms with E-state index in [9.17, 15) is 29.5 Å². The van der Waals surface area contributed by atoms with Crippen LogP contribution in [-0.4, -0.2) is 53.4 Å². The molecule has 1 aliphatic rings. The third kappa shape index (κ3) is 3.24. The van der Waals surface area contributed by atoms with Crippen LogP contribution in [0.3, 0.4) is 0 Å². The summed E-state index contributed by atoms with van der Waals surface area (Å²) in [6, 6.07) is 6.23. The summed E-state index contributed by atoms with van der Waals surface area (Å²) >= 11 is 0. The summed E-state index contributed by atoms with van der Waals surface area (Å²) in [5, 5.41) is 28.6. The van der Waals surface area contributed by atoms with Gasteiger partial charge in [-0.05, 0) is 30.4 Å². The first kappa shape index (κ1) is 20.2. The summed E-state index contributed by atoms with van der Waals surface area (Å²) in [5.74, 6) is -1.95. The Bertz CT molecular complexity index is 971. The Labute approximate surface area is 161 Å². The molecule has 0 spiro atoms. The van der Waals surface area contributed by atoms with E-state index in [2.05, 4.69) is 0 Å². The van der Waals surface area contributed by atoms with E-state index >= 15 is 0 Å². The van der Waals surface area contributed by atoms with Crippen LogP contribution >= 0.6 is 0 Å². The van der Waals surface area contributed by atoms with Crippen molar-refractivity contribution in [3.05, 3.63) is 55.8 Å². The van der Waals surface area contributed by atoms with Gasteiger partial charge in [0.25, 0.3) is 0 Å². The Balaban J connectivity index is 1.99. The van der Waals surface area contributed by atoms with Gasteiger partial charge in [0.15, 0.2) is 0 Å². The fourth-order valence-corrected chi connectivity index (χ4v) is 3.87. The number of carboxylic acid groups (broad SMARTS) is 1. The maximum Gasteiger partial charge on any atom is 0.488 e. The second kappa shape index (κ2) is 7.48. The number of hydrogen-bond acceptors (Lipinski definition) is 8. The molecule has 1 heterocycles. The molecule has 1 aliphatic heterocycles. The van der Waals surface area contributed by atoms with Gasteiger partial charge in [0.05, 0.1) is 5.69 Å². The van der Waals surface area contributed by atoms with Crippen LogP contribution in [0.15, 0.2) is 33.9 Å². The van der Waals surface area contributed by atoms with Crippen molar-refractivity contribution in [2.75, 3.05) is 24.5 Å². The first-order chi connectivity index (χ1) is 13.2. The molecular formula is C18H22BN3O6. The van der Waals surface area contributed by atoms with Crippen LogP contribution in [-0.2, 0) is 11.2 Å². The third-order valence-electron chi connectivity index (χ3n) is 5.42. The number of benzene rings is 1. The maximum atomic E-state index is 12.2. The van der Waals surface area contributed by atoms with Crippen LogP contribution in [0.4, 0.5) is 5.69 Å². The van der Waals surface area contributed by atoms with Crippen LogP contribution in [0.5, 0.6) is 0 Å². The second-order valence-electron chi connectivity index (χ2n) is 7.20. The van der Waals surface area contributed by atoms with Gasteiger partial charge in [-0.15, -0.1) is 0 Å². The van der Waals surface area contributed by atoms with Crippen molar-refractivity contribution >= 4 is 24.2 Å². The minimum absolute atomic E-state index is 0.119. The van der Waals surface area contributed by atoms with E-state index in [4.69, 9.17) is 11.5 Å². The SMILES string of the molecule is NCCCc1c(N2C[C@H](c3cccc(B(O)O)c3)[C@](N)(C(=O)O)C2)c(=O)c1=O. The minimum Gasteiger partial charge on any atom is -0.480 e. The molecule has 0 saturated carbocycles. The molecule has 9 nitrogen and oxygen atoms in total. The zero-order valence-corrected chi connectivity index (χ0v) is 15.2. The monoisotopic (exact) mass is 387 g/mol. The molecule has 148 valence electrons. The summed E-state index contributed by atoms with van der Waals surface area (Å²) in [4.78, 5) is 37.6. The molecule has 2 aromatic carbocycles. The molecule has 2 aromatic rings. The highest BCUT2D eigenvalue weighted by atomic mass is 16.4. The van der Waals surface area contributed by atoms with E-state index in [0.717, 1.165) is 0 Å². The lowest BCUT2D eigenvalue weighted by atomic mass is 9.76. The lowest BCUT2D eigenvalue weighted by molar-refractivity contribution is -0.143. The smallest absolute Gasteiger partial charge is 0.480 e. The molecule has 0 bridgehead atoms. The highest BCUT2D eigenvalue weighted by Crippen LogP contribution is 2.37. The van der Waals surface area contributed by atoms with Crippen molar-refractivity contribution in [3.63, 3.8) is 0 Å². The molecule has 0 aliphatic carbocycles. The fraction of sp³-hybridized carbons (Fsp3) is 0.389. The maximum absolute atomic E-state index is 12.2. The Morgan fingerprint density at radius 2 is 2.00 bits per heavy atom. The van der Waals surface area contributed by atoms with Crippen molar-refractivity contribution in [2.45, 2.75) is 24.3 Å². The Morgan fingerprint density at radius 3 is 2.61 bits per heavy atom. The molecule has 28 heavy (non-hydrogen) atoms. The molecule has 1 fully saturated rings. The number of aliphatic carboxylic acids is 1. The fourth-order valence-electron chi connectivity index (χ4n) is 3.87. The zero-order chi connectivity index (χ0) is 20.6. The van der Waals surface area contributed by atoms with Crippen LogP contribution in [0, 0.1) is 0 Å². The zero-order valence-electron chi connectivity index (χ0n) is 15.2. The van der Waals surface area contributed by atoms with E-state index in [1.807, 2.05) is 0 Å². The van der Waals surface area contributed by atoms with Crippen LogP contribution in [0.1, 0.15) is 23.5 Å². The van der Waals surface area contributed by atoms with E-state index in [-0.39, 0.29) is 24.2 Å². The quantitative estimate of drug-likeness (QED) is 0.250. The van der Waals surface area contributed by atoms with Gasteiger partial charge in [0.1, 0.15) is 5.54 Å². The molecule has 0 radical (unpaired) electrons. The van der Waals surface area contributed by atoms with E-state index in [0.29, 0.717) is 30.5 Å². The first-order valence-electron chi connectivity index (χ1n) is 8.96. The predicted molar refractivity (Wildman–Crippen MR) is 105 cm³/mol. The van der Waals surface area contributed by atoms with Crippen LogP contribution in [0.25, 0.3) is 0 Å². The molecule has 0 aromatic heterocycles. The molecule has 2 atom stereocenters. The number of rotatable bonds is 7. The van der Waals surface area contributed by atoms with Crippen molar-refractivity contribution in [3.8, 4) is 0 Å². The Kier molecular flexibility index (Phi) is 5.40. The van der Waals surface area contributed by atoms with Crippen molar-refractivity contribution < 1.29 is 19.9 Å². The number of anilines is 1. The molecule has 1 saturated heterocycles. The minimum atomic E-state index is -1.70. The standard InChI is InChI=1S/C18H22BN3O6/c20-6-2-5-12-14(16(24)15(12)23)22-8-13(18(21,9-22)17(25)26)10-3-1-4-11(7-10)19(27)28/h1,3-4,7,13,27-28H,2,5-6,8-9,20-21H2,(H,25,26)/t13-,18+/m1/s1. The lowest BCUT2D eigenvalue weighted by Crippen LogP contribution is -2.54. The van der Waals surface area contributed by atoms with Gasteiger partial charge < -0.3 is 31.5 Å². The average Bonchev–Trinajstić information content (AvgIpc) is 3.02. The van der Waals surface area contributed by atoms with Crippen molar-refractivity contribution in [2.24, 2.45) is 11.5 Å². The second-order valence-corrected chi connectivity index (χ2v) is 7.20. The summed E-state index contributed by atoms with van der Waals surface area (Å²) < 4.78 is 0. The van der Waals surface area contributed by atoms with Gasteiger partial charge in [-0.2, -0.15) is 0 Å². The van der Waals surface area contributed by atoms with Crippen molar-refractivity contribution in [1.82, 2.24) is 0 Å². The Hall–Kier alpha value is -2.53. The lowest BCUT2D eigenvalue weighted by Gasteiger charge is -2.26. The largest absolute Gasteiger partial charge is 0.488 e. The highest BCUT2D eigenvalue weighted by Gasteiger charge is 2.51. The van der Waals surface area contributed by atoms with Gasteiger partial charge in [-0.25, -0.2) is 0 Å². The number of nitrogens with zero attached hydrogens (tertiary/aromatic N) is 1. The first-order valence-corrected chi connectivity index (χ1v) is 8.96. The topological polar surface area (TPSA) is 167 Å². The van der Waals surface area contributed by atoms with Gasteiger partial charge >= 0.3 is 13.1 Å². The molecule has 0 unspecified atom stereocenters. The van der Waals surface area contributed by atoms with Crippen molar-refractivity contribution in [1.29, 1.82) is 0 Å². The van der Waals surface area contributed by atoms with Gasteiger partial charge in [0.2, 0.25) is 10.9 Å². The third-order valence-corrected chi connectivity index (χ3v) is 5.42. The normalized spacial score (nSPS) is 22.0. The summed E-state index contributed by atoms with van der Waals surface area (Å²) in [7, 11) is -1.70. The summed E-state index contributed by atoms with van der Waals surface area (Å²) in [6.45, 7) is 0.348. The number of hydrogen-bond donors (Lipinski definition) is 5. The van der Waals surface area contributed by atoms with E-state index in [1.54, 1.807) is 17.0 Å². The highest BCUT2D eigenvalue weighted by molar-refractivity contribution is 6.58. The molecular weight excluding hydrogens is 365 g/mol. The predicted octanol–water partition coefficient (Wildman–Crippen LogP) is -2.76. The summed E-state index contributed by atoms with van der Waals surface area (Å²) in [6.07, 6.45) is 0.895. The van der Waals surface area contributed by atoms with E-state index < -0.39 is 35.4 Å². The number of nitrogens with two attached hydrogens (primary N) is 2. The molecule has 3 rings (SSSR count). The Morgan fingerprint density at radius 1 is 1.29 bits per heavy atom. The molecule has 10 heteroatoms. The number of carbonyl (C=O) groups is 1. The van der Waals surface area contributed by atoms with E-state index in [1.165, 1.54) is 12.1 Å². The summed E-state index contributed by atoms with van der Waals surface area (Å²) in [5.41, 5.74) is 10.1. The molecule has 7 N–H and O–H groups in total. The van der Waals surface area contributed by atoms with Gasteiger partial charge in [-0.3, -0.25) is 14.4 Å². The number of carboxylic acids is 1. The van der Waals surface area contributed by atoms with Crippen LogP contribution < -0.4 is 32.7 Å². The van der Waals surface area contributed by atoms with Gasteiger partial charge in [0, 0.05) is 24.6 Å². The molecule has 0 amide bonds. The van der Waals surface area contributed by atoms with Gasteiger partial charge in [-0.1, -0.05) is 24.3 Å².